The summed E-state index contributed by atoms with van der Waals surface area (Å²) in [6, 6.07) is 6.53. The summed E-state index contributed by atoms with van der Waals surface area (Å²) in [4.78, 5) is 0. The van der Waals surface area contributed by atoms with Gasteiger partial charge in [-0.05, 0) is 69.7 Å². The second-order valence-electron chi connectivity index (χ2n) is 7.98. The number of unbranched alkanes of at least 4 members (excludes halogenated alkanes) is 1. The molecule has 0 fully saturated rings. The summed E-state index contributed by atoms with van der Waals surface area (Å²) in [5.74, 6) is 1.05. The predicted molar refractivity (Wildman–Crippen MR) is 92.4 cm³/mol. The summed E-state index contributed by atoms with van der Waals surface area (Å²) in [7, 11) is 0. The zero-order valence-electron chi connectivity index (χ0n) is 15.0. The normalized spacial score (nSPS) is 12.5. The summed E-state index contributed by atoms with van der Waals surface area (Å²) in [5, 5.41) is 3.51. The first-order valence-electron chi connectivity index (χ1n) is 8.08. The van der Waals surface area contributed by atoms with Crippen LogP contribution in [0.15, 0.2) is 18.2 Å². The van der Waals surface area contributed by atoms with E-state index in [1.807, 2.05) is 0 Å². The lowest BCUT2D eigenvalue weighted by atomic mass is 9.86. The Labute approximate surface area is 131 Å². The molecule has 0 bridgehead atoms. The van der Waals surface area contributed by atoms with Crippen LogP contribution in [0.4, 0.5) is 0 Å². The van der Waals surface area contributed by atoms with Crippen LogP contribution in [0.3, 0.4) is 0 Å². The predicted octanol–water partition coefficient (Wildman–Crippen LogP) is 4.84. The largest absolute Gasteiger partial charge is 0.493 e. The Morgan fingerprint density at radius 1 is 1.00 bits per heavy atom. The van der Waals surface area contributed by atoms with Crippen LogP contribution in [0.5, 0.6) is 5.75 Å². The third-order valence-electron chi connectivity index (χ3n) is 3.43. The highest BCUT2D eigenvalue weighted by Crippen LogP contribution is 2.32. The van der Waals surface area contributed by atoms with Gasteiger partial charge < -0.3 is 10.1 Å². The maximum absolute atomic E-state index is 6.05. The first kappa shape index (κ1) is 18.0. The Morgan fingerprint density at radius 3 is 2.24 bits per heavy atom. The summed E-state index contributed by atoms with van der Waals surface area (Å²) < 4.78 is 6.05. The van der Waals surface area contributed by atoms with E-state index in [1.165, 1.54) is 11.1 Å². The molecule has 2 nitrogen and oxygen atoms in total. The van der Waals surface area contributed by atoms with Crippen molar-refractivity contribution in [1.29, 1.82) is 0 Å². The van der Waals surface area contributed by atoms with Gasteiger partial charge in [0, 0.05) is 5.54 Å². The van der Waals surface area contributed by atoms with Gasteiger partial charge in [0.25, 0.3) is 0 Å². The molecule has 0 aromatic heterocycles. The molecule has 0 radical (unpaired) electrons. The Morgan fingerprint density at radius 2 is 1.67 bits per heavy atom. The second kappa shape index (κ2) is 7.31. The molecule has 0 heterocycles. The van der Waals surface area contributed by atoms with E-state index in [0.717, 1.165) is 31.7 Å². The Balaban J connectivity index is 2.47. The quantitative estimate of drug-likeness (QED) is 0.757. The van der Waals surface area contributed by atoms with Crippen molar-refractivity contribution in [3.63, 3.8) is 0 Å². The molecule has 0 atom stereocenters. The van der Waals surface area contributed by atoms with E-state index < -0.39 is 0 Å². The van der Waals surface area contributed by atoms with Gasteiger partial charge in [0.2, 0.25) is 0 Å². The maximum Gasteiger partial charge on any atom is 0.123 e. The van der Waals surface area contributed by atoms with Gasteiger partial charge in [-0.25, -0.2) is 0 Å². The topological polar surface area (TPSA) is 21.3 Å². The molecule has 0 spiro atoms. The molecule has 0 saturated carbocycles. The molecule has 21 heavy (non-hydrogen) atoms. The Bertz CT molecular complexity index is 438. The second-order valence-corrected chi connectivity index (χ2v) is 7.98. The van der Waals surface area contributed by atoms with Crippen molar-refractivity contribution >= 4 is 0 Å². The van der Waals surface area contributed by atoms with Crippen molar-refractivity contribution in [2.45, 2.75) is 72.3 Å². The number of hydrogen-bond donors (Lipinski definition) is 1. The summed E-state index contributed by atoms with van der Waals surface area (Å²) in [5.41, 5.74) is 2.88. The first-order chi connectivity index (χ1) is 9.59. The van der Waals surface area contributed by atoms with Crippen LogP contribution in [0.1, 0.15) is 65.5 Å². The lowest BCUT2D eigenvalue weighted by Gasteiger charge is -2.23. The van der Waals surface area contributed by atoms with E-state index in [0.29, 0.717) is 0 Å². The summed E-state index contributed by atoms with van der Waals surface area (Å²) >= 11 is 0. The fraction of sp³-hybridized carbons (Fsp3) is 0.684. The molecule has 1 rings (SSSR count). The van der Waals surface area contributed by atoms with Crippen LogP contribution in [-0.2, 0) is 5.41 Å². The van der Waals surface area contributed by atoms with Gasteiger partial charge in [-0.2, -0.15) is 0 Å². The first-order valence-corrected chi connectivity index (χ1v) is 8.08. The lowest BCUT2D eigenvalue weighted by Crippen LogP contribution is -2.36. The van der Waals surface area contributed by atoms with Gasteiger partial charge in [-0.15, -0.1) is 0 Å². The summed E-state index contributed by atoms with van der Waals surface area (Å²) in [6.07, 6.45) is 2.23. The lowest BCUT2D eigenvalue weighted by molar-refractivity contribution is 0.294. The van der Waals surface area contributed by atoms with Gasteiger partial charge in [0.1, 0.15) is 5.75 Å². The number of nitrogens with one attached hydrogen (secondary N) is 1. The van der Waals surface area contributed by atoms with E-state index in [4.69, 9.17) is 4.74 Å². The van der Waals surface area contributed by atoms with Gasteiger partial charge in [-0.3, -0.25) is 0 Å². The average Bonchev–Trinajstić information content (AvgIpc) is 2.30. The molecule has 1 aromatic rings. The zero-order valence-corrected chi connectivity index (χ0v) is 15.0. The monoisotopic (exact) mass is 291 g/mol. The standard InChI is InChI=1S/C19H33NO/c1-15-10-11-16(18(2,3)4)17(14-15)21-13-9-8-12-20-19(5,6)7/h10-11,14,20H,8-9,12-13H2,1-7H3. The Kier molecular flexibility index (Phi) is 6.27. The highest BCUT2D eigenvalue weighted by atomic mass is 16.5. The van der Waals surface area contributed by atoms with Crippen LogP contribution in [0.25, 0.3) is 0 Å². The minimum atomic E-state index is 0.122. The van der Waals surface area contributed by atoms with E-state index in [9.17, 15) is 0 Å². The van der Waals surface area contributed by atoms with E-state index in [1.54, 1.807) is 0 Å². The van der Waals surface area contributed by atoms with Gasteiger partial charge >= 0.3 is 0 Å². The molecule has 0 unspecified atom stereocenters. The number of benzene rings is 1. The fourth-order valence-corrected chi connectivity index (χ4v) is 2.24. The van der Waals surface area contributed by atoms with Crippen LogP contribution in [-0.4, -0.2) is 18.7 Å². The molecule has 0 aliphatic rings. The van der Waals surface area contributed by atoms with Crippen LogP contribution >= 0.6 is 0 Å². The van der Waals surface area contributed by atoms with E-state index in [2.05, 4.69) is 72.0 Å². The molecular weight excluding hydrogens is 258 g/mol. The zero-order chi connectivity index (χ0) is 16.1. The molecule has 120 valence electrons. The highest BCUT2D eigenvalue weighted by molar-refractivity contribution is 5.41. The fourth-order valence-electron chi connectivity index (χ4n) is 2.24. The van der Waals surface area contributed by atoms with Crippen LogP contribution in [0.2, 0.25) is 0 Å². The number of hydrogen-bond acceptors (Lipinski definition) is 2. The van der Waals surface area contributed by atoms with Crippen molar-refractivity contribution < 1.29 is 4.74 Å². The van der Waals surface area contributed by atoms with Gasteiger partial charge in [0.05, 0.1) is 6.61 Å². The van der Waals surface area contributed by atoms with Crippen molar-refractivity contribution in [1.82, 2.24) is 5.32 Å². The number of rotatable bonds is 6. The van der Waals surface area contributed by atoms with Crippen molar-refractivity contribution in [2.24, 2.45) is 0 Å². The molecule has 0 saturated heterocycles. The SMILES string of the molecule is Cc1ccc(C(C)(C)C)c(OCCCCNC(C)(C)C)c1. The third-order valence-corrected chi connectivity index (χ3v) is 3.43. The Hall–Kier alpha value is -1.02. The maximum atomic E-state index is 6.05. The van der Waals surface area contributed by atoms with Crippen molar-refractivity contribution in [3.05, 3.63) is 29.3 Å². The van der Waals surface area contributed by atoms with Crippen molar-refractivity contribution in [3.8, 4) is 5.75 Å². The molecule has 0 aliphatic carbocycles. The molecule has 0 aliphatic heterocycles. The minimum absolute atomic E-state index is 0.122. The molecule has 1 aromatic carbocycles. The third kappa shape index (κ3) is 6.99. The average molecular weight is 291 g/mol. The van der Waals surface area contributed by atoms with Gasteiger partial charge in [0.15, 0.2) is 0 Å². The van der Waals surface area contributed by atoms with Crippen LogP contribution in [0, 0.1) is 6.92 Å². The number of ether oxygens (including phenoxy) is 1. The molecule has 2 heteroatoms. The highest BCUT2D eigenvalue weighted by Gasteiger charge is 2.18. The van der Waals surface area contributed by atoms with Crippen molar-refractivity contribution in [2.75, 3.05) is 13.2 Å². The summed E-state index contributed by atoms with van der Waals surface area (Å²) in [6.45, 7) is 17.3. The van der Waals surface area contributed by atoms with Crippen LogP contribution < -0.4 is 10.1 Å². The van der Waals surface area contributed by atoms with E-state index >= 15 is 0 Å². The van der Waals surface area contributed by atoms with Gasteiger partial charge in [-0.1, -0.05) is 32.9 Å². The van der Waals surface area contributed by atoms with E-state index in [-0.39, 0.29) is 11.0 Å². The smallest absolute Gasteiger partial charge is 0.123 e. The molecule has 0 amide bonds. The minimum Gasteiger partial charge on any atom is -0.493 e. The molecule has 1 N–H and O–H groups in total. The number of aryl methyl sites for hydroxylation is 1. The molecular formula is C19H33NO.